The third-order valence-electron chi connectivity index (χ3n) is 3.24. The van der Waals surface area contributed by atoms with E-state index < -0.39 is 12.0 Å². The van der Waals surface area contributed by atoms with E-state index in [2.05, 4.69) is 10.6 Å². The van der Waals surface area contributed by atoms with Crippen LogP contribution in [-0.4, -0.2) is 35.5 Å². The molecule has 0 spiro atoms. The molecule has 1 rings (SSSR count). The molecule has 6 nitrogen and oxygen atoms in total. The number of aliphatic carboxylic acids is 1. The lowest BCUT2D eigenvalue weighted by molar-refractivity contribution is -0.142. The van der Waals surface area contributed by atoms with E-state index in [1.807, 2.05) is 19.9 Å². The zero-order valence-corrected chi connectivity index (χ0v) is 13.5. The summed E-state index contributed by atoms with van der Waals surface area (Å²) in [5.74, 6) is -1.34. The van der Waals surface area contributed by atoms with Crippen molar-refractivity contribution in [3.63, 3.8) is 0 Å². The standard InChI is InChI=1S/C17H24N2O4/c1-12(2)11-14(17(22)23)19-15(20)9-6-10-18-16(21)13-7-4-3-5-8-13/h3-5,7-8,12,14H,6,9-11H2,1-2H3,(H,18,21)(H,19,20)(H,22,23)/t14-/m0/s1. The van der Waals surface area contributed by atoms with Gasteiger partial charge in [-0.2, -0.15) is 0 Å². The Kier molecular flexibility index (Phi) is 7.80. The summed E-state index contributed by atoms with van der Waals surface area (Å²) in [4.78, 5) is 34.6. The number of carbonyl (C=O) groups excluding carboxylic acids is 2. The van der Waals surface area contributed by atoms with Crippen molar-refractivity contribution in [2.75, 3.05) is 6.54 Å². The van der Waals surface area contributed by atoms with Gasteiger partial charge in [-0.15, -0.1) is 0 Å². The monoisotopic (exact) mass is 320 g/mol. The summed E-state index contributed by atoms with van der Waals surface area (Å²) in [5.41, 5.74) is 0.569. The van der Waals surface area contributed by atoms with Gasteiger partial charge < -0.3 is 15.7 Å². The van der Waals surface area contributed by atoms with Crippen LogP contribution in [0.3, 0.4) is 0 Å². The highest BCUT2D eigenvalue weighted by Crippen LogP contribution is 2.05. The average molecular weight is 320 g/mol. The Balaban J connectivity index is 2.28. The number of hydrogen-bond donors (Lipinski definition) is 3. The first-order valence-corrected chi connectivity index (χ1v) is 7.75. The molecule has 1 atom stereocenters. The van der Waals surface area contributed by atoms with Crippen LogP contribution in [0.15, 0.2) is 30.3 Å². The third-order valence-corrected chi connectivity index (χ3v) is 3.24. The molecule has 0 bridgehead atoms. The molecule has 2 amide bonds. The zero-order valence-electron chi connectivity index (χ0n) is 13.5. The predicted molar refractivity (Wildman–Crippen MR) is 87.0 cm³/mol. The fourth-order valence-corrected chi connectivity index (χ4v) is 2.10. The number of rotatable bonds is 9. The van der Waals surface area contributed by atoms with Crippen molar-refractivity contribution in [1.29, 1.82) is 0 Å². The molecule has 6 heteroatoms. The van der Waals surface area contributed by atoms with Crippen LogP contribution < -0.4 is 10.6 Å². The number of carboxylic acid groups (broad SMARTS) is 1. The van der Waals surface area contributed by atoms with Gasteiger partial charge in [-0.05, 0) is 30.9 Å². The lowest BCUT2D eigenvalue weighted by Crippen LogP contribution is -2.41. The maximum absolute atomic E-state index is 11.8. The molecule has 0 heterocycles. The molecule has 0 aliphatic rings. The second-order valence-corrected chi connectivity index (χ2v) is 5.81. The smallest absolute Gasteiger partial charge is 0.326 e. The van der Waals surface area contributed by atoms with Gasteiger partial charge in [0.15, 0.2) is 0 Å². The van der Waals surface area contributed by atoms with Gasteiger partial charge in [-0.25, -0.2) is 4.79 Å². The molecule has 0 aliphatic carbocycles. The minimum Gasteiger partial charge on any atom is -0.480 e. The molecule has 0 aromatic heterocycles. The van der Waals surface area contributed by atoms with Gasteiger partial charge in [-0.3, -0.25) is 9.59 Å². The average Bonchev–Trinajstić information content (AvgIpc) is 2.51. The molecular formula is C17H24N2O4. The van der Waals surface area contributed by atoms with E-state index in [1.54, 1.807) is 24.3 Å². The van der Waals surface area contributed by atoms with Gasteiger partial charge in [0.2, 0.25) is 5.91 Å². The maximum Gasteiger partial charge on any atom is 0.326 e. The molecule has 0 saturated carbocycles. The van der Waals surface area contributed by atoms with Crippen LogP contribution >= 0.6 is 0 Å². The molecule has 1 aromatic carbocycles. The summed E-state index contributed by atoms with van der Waals surface area (Å²) in [5, 5.41) is 14.3. The second kappa shape index (κ2) is 9.61. The molecule has 0 saturated heterocycles. The number of amides is 2. The summed E-state index contributed by atoms with van der Waals surface area (Å²) < 4.78 is 0. The molecule has 3 N–H and O–H groups in total. The summed E-state index contributed by atoms with van der Waals surface area (Å²) in [6.45, 7) is 4.17. The molecule has 0 unspecified atom stereocenters. The van der Waals surface area contributed by atoms with E-state index in [1.165, 1.54) is 0 Å². The van der Waals surface area contributed by atoms with Crippen molar-refractivity contribution in [1.82, 2.24) is 10.6 Å². The van der Waals surface area contributed by atoms with Crippen LogP contribution in [0.4, 0.5) is 0 Å². The summed E-state index contributed by atoms with van der Waals surface area (Å²) >= 11 is 0. The van der Waals surface area contributed by atoms with E-state index in [0.29, 0.717) is 24.9 Å². The van der Waals surface area contributed by atoms with Gasteiger partial charge in [0.1, 0.15) is 6.04 Å². The van der Waals surface area contributed by atoms with Crippen molar-refractivity contribution in [3.05, 3.63) is 35.9 Å². The summed E-state index contributed by atoms with van der Waals surface area (Å²) in [6.07, 6.45) is 1.03. The molecule has 0 aliphatic heterocycles. The Bertz CT molecular complexity index is 529. The predicted octanol–water partition coefficient (Wildman–Crippen LogP) is 1.81. The Morgan fingerprint density at radius 2 is 1.78 bits per heavy atom. The van der Waals surface area contributed by atoms with Crippen LogP contribution in [0, 0.1) is 5.92 Å². The SMILES string of the molecule is CC(C)C[C@H](NC(=O)CCCNC(=O)c1ccccc1)C(=O)O. The summed E-state index contributed by atoms with van der Waals surface area (Å²) in [7, 11) is 0. The Morgan fingerprint density at radius 3 is 2.35 bits per heavy atom. The van der Waals surface area contributed by atoms with E-state index in [-0.39, 0.29) is 24.2 Å². The zero-order chi connectivity index (χ0) is 17.2. The molecule has 126 valence electrons. The second-order valence-electron chi connectivity index (χ2n) is 5.81. The van der Waals surface area contributed by atoms with Crippen molar-refractivity contribution in [3.8, 4) is 0 Å². The van der Waals surface area contributed by atoms with Gasteiger partial charge in [0, 0.05) is 18.5 Å². The highest BCUT2D eigenvalue weighted by atomic mass is 16.4. The van der Waals surface area contributed by atoms with E-state index in [4.69, 9.17) is 5.11 Å². The fraction of sp³-hybridized carbons (Fsp3) is 0.471. The lowest BCUT2D eigenvalue weighted by atomic mass is 10.0. The van der Waals surface area contributed by atoms with Crippen molar-refractivity contribution in [2.24, 2.45) is 5.92 Å². The minimum atomic E-state index is -1.02. The third kappa shape index (κ3) is 7.44. The Labute approximate surface area is 136 Å². The Morgan fingerprint density at radius 1 is 1.13 bits per heavy atom. The first-order chi connectivity index (χ1) is 10.9. The lowest BCUT2D eigenvalue weighted by Gasteiger charge is -2.16. The van der Waals surface area contributed by atoms with Crippen molar-refractivity contribution < 1.29 is 19.5 Å². The van der Waals surface area contributed by atoms with Gasteiger partial charge in [0.25, 0.3) is 5.91 Å². The first kappa shape index (κ1) is 18.7. The quantitative estimate of drug-likeness (QED) is 0.605. The van der Waals surface area contributed by atoms with E-state index in [9.17, 15) is 14.4 Å². The number of carbonyl (C=O) groups is 3. The van der Waals surface area contributed by atoms with Crippen LogP contribution in [0.2, 0.25) is 0 Å². The highest BCUT2D eigenvalue weighted by molar-refractivity contribution is 5.94. The minimum absolute atomic E-state index is 0.178. The molecule has 0 fully saturated rings. The summed E-state index contributed by atoms with van der Waals surface area (Å²) in [6, 6.07) is 7.96. The van der Waals surface area contributed by atoms with Gasteiger partial charge >= 0.3 is 5.97 Å². The fourth-order valence-electron chi connectivity index (χ4n) is 2.10. The van der Waals surface area contributed by atoms with Crippen LogP contribution in [0.5, 0.6) is 0 Å². The Hall–Kier alpha value is -2.37. The van der Waals surface area contributed by atoms with E-state index >= 15 is 0 Å². The van der Waals surface area contributed by atoms with E-state index in [0.717, 1.165) is 0 Å². The van der Waals surface area contributed by atoms with Gasteiger partial charge in [0.05, 0.1) is 0 Å². The largest absolute Gasteiger partial charge is 0.480 e. The number of hydrogen-bond acceptors (Lipinski definition) is 3. The maximum atomic E-state index is 11.8. The van der Waals surface area contributed by atoms with Crippen molar-refractivity contribution in [2.45, 2.75) is 39.2 Å². The first-order valence-electron chi connectivity index (χ1n) is 7.75. The van der Waals surface area contributed by atoms with Crippen LogP contribution in [0.1, 0.15) is 43.5 Å². The normalized spacial score (nSPS) is 11.8. The van der Waals surface area contributed by atoms with Crippen molar-refractivity contribution >= 4 is 17.8 Å². The van der Waals surface area contributed by atoms with Crippen LogP contribution in [0.25, 0.3) is 0 Å². The molecular weight excluding hydrogens is 296 g/mol. The van der Waals surface area contributed by atoms with Crippen LogP contribution in [-0.2, 0) is 9.59 Å². The number of benzene rings is 1. The number of carboxylic acids is 1. The topological polar surface area (TPSA) is 95.5 Å². The number of nitrogens with one attached hydrogen (secondary N) is 2. The molecule has 23 heavy (non-hydrogen) atoms. The van der Waals surface area contributed by atoms with Gasteiger partial charge in [-0.1, -0.05) is 32.0 Å². The molecule has 1 aromatic rings. The molecule has 0 radical (unpaired) electrons. The highest BCUT2D eigenvalue weighted by Gasteiger charge is 2.20.